The number of hydrogen-bond acceptors (Lipinski definition) is 5. The Hall–Kier alpha value is -1.81. The number of carbonyl (C=O) groups excluding carboxylic acids is 2. The van der Waals surface area contributed by atoms with Crippen molar-refractivity contribution in [3.8, 4) is 6.07 Å². The van der Waals surface area contributed by atoms with Gasteiger partial charge in [-0.1, -0.05) is 0 Å². The summed E-state index contributed by atoms with van der Waals surface area (Å²) in [6, 6.07) is 2.26. The number of esters is 1. The first-order chi connectivity index (χ1) is 10.3. The minimum absolute atomic E-state index is 0.139. The standard InChI is InChI=1S/C15H26N4O3/c1-11(2)22-14(20)5-7-17-15(21)18-9-12(3)19(8-6-16)13(4)10-18/h11-13H,5,7-10H2,1-4H3,(H,17,21). The predicted molar refractivity (Wildman–Crippen MR) is 82.1 cm³/mol. The minimum atomic E-state index is -0.309. The third kappa shape index (κ3) is 5.53. The molecule has 124 valence electrons. The van der Waals surface area contributed by atoms with E-state index in [9.17, 15) is 9.59 Å². The molecule has 1 aliphatic rings. The van der Waals surface area contributed by atoms with Crippen molar-refractivity contribution in [2.24, 2.45) is 0 Å². The third-order valence-electron chi connectivity index (χ3n) is 3.61. The Labute approximate surface area is 132 Å². The number of ether oxygens (including phenoxy) is 1. The molecular weight excluding hydrogens is 284 g/mol. The highest BCUT2D eigenvalue weighted by Crippen LogP contribution is 2.15. The van der Waals surface area contributed by atoms with Crippen molar-refractivity contribution in [2.75, 3.05) is 26.2 Å². The lowest BCUT2D eigenvalue weighted by Crippen LogP contribution is -2.59. The molecule has 2 atom stereocenters. The van der Waals surface area contributed by atoms with Crippen molar-refractivity contribution in [3.05, 3.63) is 0 Å². The van der Waals surface area contributed by atoms with E-state index in [0.717, 1.165) is 0 Å². The molecule has 2 amide bonds. The van der Waals surface area contributed by atoms with E-state index in [1.807, 2.05) is 13.8 Å². The maximum Gasteiger partial charge on any atom is 0.317 e. The third-order valence-corrected chi connectivity index (χ3v) is 3.61. The fraction of sp³-hybridized carbons (Fsp3) is 0.800. The van der Waals surface area contributed by atoms with Crippen molar-refractivity contribution in [2.45, 2.75) is 52.3 Å². The second kappa shape index (κ2) is 8.59. The van der Waals surface area contributed by atoms with Gasteiger partial charge in [-0.2, -0.15) is 5.26 Å². The minimum Gasteiger partial charge on any atom is -0.463 e. The fourth-order valence-corrected chi connectivity index (χ4v) is 2.62. The van der Waals surface area contributed by atoms with Crippen molar-refractivity contribution >= 4 is 12.0 Å². The summed E-state index contributed by atoms with van der Waals surface area (Å²) in [7, 11) is 0. The molecule has 1 rings (SSSR count). The van der Waals surface area contributed by atoms with E-state index < -0.39 is 0 Å². The van der Waals surface area contributed by atoms with E-state index in [1.54, 1.807) is 18.7 Å². The number of hydrogen-bond donors (Lipinski definition) is 1. The molecule has 0 aromatic heterocycles. The van der Waals surface area contributed by atoms with Crippen LogP contribution in [-0.4, -0.2) is 66.2 Å². The molecule has 0 aromatic rings. The molecule has 0 aromatic carbocycles. The van der Waals surface area contributed by atoms with Crippen LogP contribution in [0.1, 0.15) is 34.1 Å². The van der Waals surface area contributed by atoms with Crippen LogP contribution in [0.15, 0.2) is 0 Å². The fourth-order valence-electron chi connectivity index (χ4n) is 2.62. The summed E-state index contributed by atoms with van der Waals surface area (Å²) < 4.78 is 5.01. The molecule has 0 saturated carbocycles. The van der Waals surface area contributed by atoms with Crippen LogP contribution in [0.3, 0.4) is 0 Å². The monoisotopic (exact) mass is 310 g/mol. The van der Waals surface area contributed by atoms with E-state index in [2.05, 4.69) is 16.3 Å². The SMILES string of the molecule is CC(C)OC(=O)CCNC(=O)N1CC(C)N(CC#N)C(C)C1. The van der Waals surface area contributed by atoms with Crippen molar-refractivity contribution in [3.63, 3.8) is 0 Å². The molecule has 1 saturated heterocycles. The highest BCUT2D eigenvalue weighted by atomic mass is 16.5. The molecule has 7 nitrogen and oxygen atoms in total. The Balaban J connectivity index is 2.38. The summed E-state index contributed by atoms with van der Waals surface area (Å²) in [6.45, 7) is 9.40. The molecule has 22 heavy (non-hydrogen) atoms. The second-order valence-corrected chi connectivity index (χ2v) is 5.95. The predicted octanol–water partition coefficient (Wildman–Crippen LogP) is 0.956. The molecule has 0 aliphatic carbocycles. The maximum absolute atomic E-state index is 12.1. The van der Waals surface area contributed by atoms with E-state index in [4.69, 9.17) is 10.00 Å². The van der Waals surface area contributed by atoms with Gasteiger partial charge in [0.05, 0.1) is 25.1 Å². The molecule has 2 unspecified atom stereocenters. The van der Waals surface area contributed by atoms with Crippen LogP contribution in [-0.2, 0) is 9.53 Å². The van der Waals surface area contributed by atoms with Gasteiger partial charge in [0.15, 0.2) is 0 Å². The van der Waals surface area contributed by atoms with Crippen LogP contribution in [0.25, 0.3) is 0 Å². The normalized spacial score (nSPS) is 22.3. The maximum atomic E-state index is 12.1. The zero-order valence-electron chi connectivity index (χ0n) is 13.8. The quantitative estimate of drug-likeness (QED) is 0.604. The first kappa shape index (κ1) is 18.2. The van der Waals surface area contributed by atoms with Crippen molar-refractivity contribution in [1.82, 2.24) is 15.1 Å². The first-order valence-corrected chi connectivity index (χ1v) is 7.70. The number of piperazine rings is 1. The largest absolute Gasteiger partial charge is 0.463 e. The second-order valence-electron chi connectivity index (χ2n) is 5.95. The Bertz CT molecular complexity index is 421. The van der Waals surface area contributed by atoms with E-state index in [-0.39, 0.29) is 43.2 Å². The molecule has 0 spiro atoms. The van der Waals surface area contributed by atoms with Crippen LogP contribution in [0.2, 0.25) is 0 Å². The highest BCUT2D eigenvalue weighted by Gasteiger charge is 2.31. The van der Waals surface area contributed by atoms with Crippen LogP contribution >= 0.6 is 0 Å². The van der Waals surface area contributed by atoms with Crippen LogP contribution < -0.4 is 5.32 Å². The van der Waals surface area contributed by atoms with Gasteiger partial charge in [0, 0.05) is 31.7 Å². The molecule has 1 heterocycles. The van der Waals surface area contributed by atoms with E-state index >= 15 is 0 Å². The van der Waals surface area contributed by atoms with Crippen LogP contribution in [0.5, 0.6) is 0 Å². The van der Waals surface area contributed by atoms with Gasteiger partial charge in [-0.25, -0.2) is 4.79 Å². The zero-order valence-corrected chi connectivity index (χ0v) is 13.8. The molecule has 1 N–H and O–H groups in total. The molecule has 0 radical (unpaired) electrons. The summed E-state index contributed by atoms with van der Waals surface area (Å²) in [5, 5.41) is 11.6. The van der Waals surface area contributed by atoms with Crippen molar-refractivity contribution in [1.29, 1.82) is 5.26 Å². The molecule has 7 heteroatoms. The number of carbonyl (C=O) groups is 2. The van der Waals surface area contributed by atoms with Crippen molar-refractivity contribution < 1.29 is 14.3 Å². The Kier molecular flexibility index (Phi) is 7.12. The summed E-state index contributed by atoms with van der Waals surface area (Å²) >= 11 is 0. The lowest BCUT2D eigenvalue weighted by atomic mass is 10.1. The Morgan fingerprint density at radius 2 is 1.91 bits per heavy atom. The molecule has 1 aliphatic heterocycles. The van der Waals surface area contributed by atoms with Gasteiger partial charge < -0.3 is 15.0 Å². The van der Waals surface area contributed by atoms with Gasteiger partial charge in [-0.15, -0.1) is 0 Å². The molecular formula is C15H26N4O3. The Morgan fingerprint density at radius 3 is 2.41 bits per heavy atom. The van der Waals surface area contributed by atoms with E-state index in [1.165, 1.54) is 0 Å². The summed E-state index contributed by atoms with van der Waals surface area (Å²) in [5.41, 5.74) is 0. The van der Waals surface area contributed by atoms with Crippen LogP contribution in [0.4, 0.5) is 4.79 Å². The lowest BCUT2D eigenvalue weighted by Gasteiger charge is -2.43. The zero-order chi connectivity index (χ0) is 16.7. The van der Waals surface area contributed by atoms with Gasteiger partial charge in [-0.3, -0.25) is 9.69 Å². The number of nitriles is 1. The number of urea groups is 1. The number of amides is 2. The van der Waals surface area contributed by atoms with E-state index in [0.29, 0.717) is 19.6 Å². The molecule has 1 fully saturated rings. The van der Waals surface area contributed by atoms with Crippen LogP contribution in [0, 0.1) is 11.3 Å². The van der Waals surface area contributed by atoms with Gasteiger partial charge in [0.25, 0.3) is 0 Å². The van der Waals surface area contributed by atoms with Gasteiger partial charge in [0.1, 0.15) is 0 Å². The Morgan fingerprint density at radius 1 is 1.32 bits per heavy atom. The first-order valence-electron chi connectivity index (χ1n) is 7.70. The lowest BCUT2D eigenvalue weighted by molar-refractivity contribution is -0.147. The number of nitrogens with one attached hydrogen (secondary N) is 1. The van der Waals surface area contributed by atoms with Gasteiger partial charge in [0.2, 0.25) is 0 Å². The summed E-state index contributed by atoms with van der Waals surface area (Å²) in [6.07, 6.45) is 0.0294. The smallest absolute Gasteiger partial charge is 0.317 e. The van der Waals surface area contributed by atoms with Gasteiger partial charge >= 0.3 is 12.0 Å². The summed E-state index contributed by atoms with van der Waals surface area (Å²) in [4.78, 5) is 27.4. The number of rotatable bonds is 5. The molecule has 0 bridgehead atoms. The highest BCUT2D eigenvalue weighted by molar-refractivity contribution is 5.75. The average molecular weight is 310 g/mol. The summed E-state index contributed by atoms with van der Waals surface area (Å²) in [5.74, 6) is -0.309. The average Bonchev–Trinajstić information content (AvgIpc) is 2.41. The van der Waals surface area contributed by atoms with Gasteiger partial charge in [-0.05, 0) is 27.7 Å². The topological polar surface area (TPSA) is 85.7 Å². The number of nitrogens with zero attached hydrogens (tertiary/aromatic N) is 3.